The van der Waals surface area contributed by atoms with Crippen LogP contribution in [0.2, 0.25) is 0 Å². The second-order valence-electron chi connectivity index (χ2n) is 4.94. The van der Waals surface area contributed by atoms with Gasteiger partial charge in [0.1, 0.15) is 5.82 Å². The molecule has 0 bridgehead atoms. The van der Waals surface area contributed by atoms with Crippen molar-refractivity contribution in [2.45, 2.75) is 39.8 Å². The van der Waals surface area contributed by atoms with E-state index in [0.717, 1.165) is 26.0 Å². The van der Waals surface area contributed by atoms with Crippen LogP contribution in [0.3, 0.4) is 0 Å². The second kappa shape index (κ2) is 5.77. The molecule has 0 spiro atoms. The van der Waals surface area contributed by atoms with Crippen molar-refractivity contribution in [2.24, 2.45) is 0 Å². The highest BCUT2D eigenvalue weighted by molar-refractivity contribution is 6.01. The lowest BCUT2D eigenvalue weighted by atomic mass is 9.89. The largest absolute Gasteiger partial charge is 0.417 e. The molecule has 0 aliphatic rings. The molecule has 0 unspecified atom stereocenters. The molecule has 1 aromatic carbocycles. The Labute approximate surface area is 115 Å². The molecule has 1 nitrogen and oxygen atoms in total. The summed E-state index contributed by atoms with van der Waals surface area (Å²) in [5, 5.41) is 0. The zero-order valence-corrected chi connectivity index (χ0v) is 11.7. The van der Waals surface area contributed by atoms with Gasteiger partial charge in [-0.1, -0.05) is 19.9 Å². The minimum Gasteiger partial charge on any atom is -0.295 e. The predicted octanol–water partition coefficient (Wildman–Crippen LogP) is 4.87. The van der Waals surface area contributed by atoms with Gasteiger partial charge in [0, 0.05) is 5.57 Å². The highest BCUT2D eigenvalue weighted by Gasteiger charge is 2.38. The number of ketones is 1. The van der Waals surface area contributed by atoms with Crippen molar-refractivity contribution in [2.75, 3.05) is 0 Å². The first kappa shape index (κ1) is 16.4. The summed E-state index contributed by atoms with van der Waals surface area (Å²) in [6.07, 6.45) is -4.72. The van der Waals surface area contributed by atoms with E-state index >= 15 is 0 Å². The number of rotatable bonds is 3. The summed E-state index contributed by atoms with van der Waals surface area (Å²) in [5.41, 5.74) is -1.38. The summed E-state index contributed by atoms with van der Waals surface area (Å²) in [4.78, 5) is 11.3. The van der Waals surface area contributed by atoms with Crippen LogP contribution in [-0.4, -0.2) is 12.0 Å². The Bertz CT molecular complexity index is 553. The summed E-state index contributed by atoms with van der Waals surface area (Å²) < 4.78 is 53.1. The molecule has 0 fully saturated rings. The van der Waals surface area contributed by atoms with Crippen molar-refractivity contribution in [3.63, 3.8) is 0 Å². The van der Waals surface area contributed by atoms with Crippen molar-refractivity contribution in [1.82, 2.24) is 0 Å². The number of allylic oxidation sites excluding steroid dienone is 2. The van der Waals surface area contributed by atoms with E-state index in [9.17, 15) is 22.4 Å². The molecule has 0 heterocycles. The van der Waals surface area contributed by atoms with Crippen LogP contribution in [0.5, 0.6) is 0 Å². The van der Waals surface area contributed by atoms with Gasteiger partial charge >= 0.3 is 6.18 Å². The minimum absolute atomic E-state index is 0.220. The van der Waals surface area contributed by atoms with Crippen LogP contribution >= 0.6 is 0 Å². The van der Waals surface area contributed by atoms with E-state index in [1.165, 1.54) is 6.07 Å². The predicted molar refractivity (Wildman–Crippen MR) is 69.8 cm³/mol. The first-order chi connectivity index (χ1) is 9.05. The van der Waals surface area contributed by atoms with E-state index in [4.69, 9.17) is 0 Å². The molecule has 1 aromatic rings. The van der Waals surface area contributed by atoms with Gasteiger partial charge in [0.05, 0.1) is 5.57 Å². The average molecular weight is 288 g/mol. The van der Waals surface area contributed by atoms with E-state index in [0.29, 0.717) is 5.56 Å². The average Bonchev–Trinajstić information content (AvgIpc) is 2.26. The topological polar surface area (TPSA) is 17.1 Å². The lowest BCUT2D eigenvalue weighted by molar-refractivity contribution is -0.114. The number of benzene rings is 1. The van der Waals surface area contributed by atoms with Crippen LogP contribution in [0.1, 0.15) is 44.7 Å². The second-order valence-corrected chi connectivity index (χ2v) is 4.94. The Hall–Kier alpha value is -1.65. The van der Waals surface area contributed by atoms with Crippen molar-refractivity contribution in [3.8, 4) is 0 Å². The van der Waals surface area contributed by atoms with E-state index in [1.807, 2.05) is 0 Å². The SMILES string of the molecule is CC(=O)/C(C)=C(\c1cc(F)ccc1C(C)C)C(F)(F)F. The number of carbonyl (C=O) groups excluding carboxylic acids is 1. The molecule has 0 saturated heterocycles. The van der Waals surface area contributed by atoms with Crippen molar-refractivity contribution in [3.05, 3.63) is 40.7 Å². The van der Waals surface area contributed by atoms with Crippen LogP contribution in [0.4, 0.5) is 17.6 Å². The lowest BCUT2D eigenvalue weighted by Gasteiger charge is -2.20. The van der Waals surface area contributed by atoms with Gasteiger partial charge in [0.2, 0.25) is 0 Å². The van der Waals surface area contributed by atoms with Crippen molar-refractivity contribution in [1.29, 1.82) is 0 Å². The number of hydrogen-bond acceptors (Lipinski definition) is 1. The van der Waals surface area contributed by atoms with Gasteiger partial charge in [-0.3, -0.25) is 4.79 Å². The molecular formula is C15H16F4O. The summed E-state index contributed by atoms with van der Waals surface area (Å²) in [6, 6.07) is 3.29. The molecular weight excluding hydrogens is 272 g/mol. The van der Waals surface area contributed by atoms with Crippen LogP contribution < -0.4 is 0 Å². The Balaban J connectivity index is 3.71. The summed E-state index contributed by atoms with van der Waals surface area (Å²) >= 11 is 0. The van der Waals surface area contributed by atoms with Gasteiger partial charge in [-0.2, -0.15) is 13.2 Å². The van der Waals surface area contributed by atoms with E-state index in [2.05, 4.69) is 0 Å². The quantitative estimate of drug-likeness (QED) is 0.572. The maximum Gasteiger partial charge on any atom is 0.417 e. The van der Waals surface area contributed by atoms with E-state index in [-0.39, 0.29) is 11.5 Å². The summed E-state index contributed by atoms with van der Waals surface area (Å²) in [7, 11) is 0. The number of alkyl halides is 3. The molecule has 1 rings (SSSR count). The molecule has 0 aromatic heterocycles. The Morgan fingerprint density at radius 3 is 2.10 bits per heavy atom. The molecule has 0 radical (unpaired) electrons. The van der Waals surface area contributed by atoms with Crippen LogP contribution in [0, 0.1) is 5.82 Å². The van der Waals surface area contributed by atoms with Gasteiger partial charge < -0.3 is 0 Å². The molecule has 20 heavy (non-hydrogen) atoms. The maximum atomic E-state index is 13.3. The summed E-state index contributed by atoms with van der Waals surface area (Å²) in [6.45, 7) is 5.61. The molecule has 0 aliphatic carbocycles. The molecule has 0 N–H and O–H groups in total. The molecule has 0 aliphatic heterocycles. The van der Waals surface area contributed by atoms with Crippen molar-refractivity contribution >= 4 is 11.4 Å². The number of carbonyl (C=O) groups is 1. The third kappa shape index (κ3) is 3.46. The normalized spacial score (nSPS) is 13.4. The van der Waals surface area contributed by atoms with Crippen LogP contribution in [0.25, 0.3) is 5.57 Å². The van der Waals surface area contributed by atoms with Crippen molar-refractivity contribution < 1.29 is 22.4 Å². The fourth-order valence-electron chi connectivity index (χ4n) is 1.99. The highest BCUT2D eigenvalue weighted by Crippen LogP contribution is 2.40. The number of halogens is 4. The minimum atomic E-state index is -4.72. The zero-order valence-electron chi connectivity index (χ0n) is 11.7. The smallest absolute Gasteiger partial charge is 0.295 e. The Kier molecular flexibility index (Phi) is 4.73. The monoisotopic (exact) mass is 288 g/mol. The Morgan fingerprint density at radius 2 is 1.70 bits per heavy atom. The highest BCUT2D eigenvalue weighted by atomic mass is 19.4. The third-order valence-corrected chi connectivity index (χ3v) is 3.09. The van der Waals surface area contributed by atoms with E-state index in [1.54, 1.807) is 13.8 Å². The lowest BCUT2D eigenvalue weighted by Crippen LogP contribution is -2.17. The Morgan fingerprint density at radius 1 is 1.15 bits per heavy atom. The molecule has 110 valence electrons. The molecule has 0 atom stereocenters. The standard InChI is InChI=1S/C15H16F4O/c1-8(2)12-6-5-11(16)7-13(12)14(15(17,18)19)9(3)10(4)20/h5-8H,1-4H3/b14-9+. The van der Waals surface area contributed by atoms with E-state index < -0.39 is 28.9 Å². The maximum absolute atomic E-state index is 13.3. The van der Waals surface area contributed by atoms with Gasteiger partial charge in [0.15, 0.2) is 5.78 Å². The molecule has 0 amide bonds. The van der Waals surface area contributed by atoms with Gasteiger partial charge in [-0.25, -0.2) is 4.39 Å². The van der Waals surface area contributed by atoms with Crippen LogP contribution in [0.15, 0.2) is 23.8 Å². The fraction of sp³-hybridized carbons (Fsp3) is 0.400. The summed E-state index contributed by atoms with van der Waals surface area (Å²) in [5.74, 6) is -1.67. The van der Waals surface area contributed by atoms with Gasteiger partial charge in [-0.15, -0.1) is 0 Å². The third-order valence-electron chi connectivity index (χ3n) is 3.09. The first-order valence-corrected chi connectivity index (χ1v) is 6.14. The zero-order chi connectivity index (χ0) is 15.7. The first-order valence-electron chi connectivity index (χ1n) is 6.14. The van der Waals surface area contributed by atoms with Gasteiger partial charge in [-0.05, 0) is 43.0 Å². The van der Waals surface area contributed by atoms with Crippen LogP contribution in [-0.2, 0) is 4.79 Å². The fourth-order valence-corrected chi connectivity index (χ4v) is 1.99. The number of hydrogen-bond donors (Lipinski definition) is 0. The number of Topliss-reactive ketones (excluding diaryl/α,β-unsaturated/α-hetero) is 1. The van der Waals surface area contributed by atoms with Gasteiger partial charge in [0.25, 0.3) is 0 Å². The molecule has 0 saturated carbocycles. The molecule has 5 heteroatoms.